The zero-order valence-corrected chi connectivity index (χ0v) is 17.3. The lowest BCUT2D eigenvalue weighted by Gasteiger charge is -2.29. The molecule has 0 radical (unpaired) electrons. The molecule has 154 valence electrons. The topological polar surface area (TPSA) is 74.6 Å². The predicted octanol–water partition coefficient (Wildman–Crippen LogP) is 4.10. The van der Waals surface area contributed by atoms with Crippen molar-refractivity contribution in [1.82, 2.24) is 5.32 Å². The van der Waals surface area contributed by atoms with Crippen LogP contribution in [0.5, 0.6) is 0 Å². The van der Waals surface area contributed by atoms with Crippen LogP contribution in [0, 0.1) is 6.92 Å². The summed E-state index contributed by atoms with van der Waals surface area (Å²) in [5.74, 6) is -0.711. The smallest absolute Gasteiger partial charge is 0.313 e. The zero-order valence-electron chi connectivity index (χ0n) is 16.5. The number of nitrogens with zero attached hydrogens (tertiary/aromatic N) is 1. The van der Waals surface area contributed by atoms with E-state index in [-0.39, 0.29) is 12.6 Å². The van der Waals surface area contributed by atoms with Crippen LogP contribution in [0.1, 0.15) is 22.9 Å². The van der Waals surface area contributed by atoms with Crippen molar-refractivity contribution in [3.8, 4) is 0 Å². The Balaban J connectivity index is 1.46. The molecule has 1 aliphatic heterocycles. The van der Waals surface area contributed by atoms with E-state index in [1.807, 2.05) is 24.3 Å². The lowest BCUT2D eigenvalue weighted by molar-refractivity contribution is -0.136. The first-order valence-electron chi connectivity index (χ1n) is 9.77. The number of fused-ring (bicyclic) bond motifs is 1. The number of anilines is 2. The minimum atomic E-state index is -0.736. The number of halogens is 1. The molecule has 4 rings (SSSR count). The molecular weight excluding hydrogens is 402 g/mol. The molecule has 1 atom stereocenters. The third kappa shape index (κ3) is 4.04. The Hall–Kier alpha value is -3.25. The van der Waals surface area contributed by atoms with Gasteiger partial charge < -0.3 is 20.0 Å². The van der Waals surface area contributed by atoms with Gasteiger partial charge in [-0.1, -0.05) is 35.9 Å². The van der Waals surface area contributed by atoms with Gasteiger partial charge in [-0.2, -0.15) is 0 Å². The molecule has 6 nitrogen and oxygen atoms in total. The maximum Gasteiger partial charge on any atom is 0.313 e. The Labute approximate surface area is 179 Å². The maximum atomic E-state index is 12.5. The Morgan fingerprint density at radius 2 is 1.93 bits per heavy atom. The lowest BCUT2D eigenvalue weighted by atomic mass is 10.1. The Bertz CT molecular complexity index is 1070. The van der Waals surface area contributed by atoms with E-state index in [1.165, 1.54) is 5.56 Å². The summed E-state index contributed by atoms with van der Waals surface area (Å²) in [6.45, 7) is 2.84. The first-order valence-corrected chi connectivity index (χ1v) is 10.1. The second-order valence-electron chi connectivity index (χ2n) is 7.18. The summed E-state index contributed by atoms with van der Waals surface area (Å²) < 4.78 is 5.63. The van der Waals surface area contributed by atoms with Gasteiger partial charge in [-0.25, -0.2) is 0 Å². The molecule has 3 aromatic rings. The quantitative estimate of drug-likeness (QED) is 0.606. The highest BCUT2D eigenvalue weighted by molar-refractivity contribution is 6.40. The number of carbonyl (C=O) groups excluding carboxylic acids is 2. The van der Waals surface area contributed by atoms with Crippen LogP contribution in [0.4, 0.5) is 11.4 Å². The minimum absolute atomic E-state index is 0.215. The van der Waals surface area contributed by atoms with Crippen molar-refractivity contribution in [2.45, 2.75) is 19.4 Å². The van der Waals surface area contributed by atoms with Gasteiger partial charge in [0.1, 0.15) is 11.8 Å². The molecule has 2 heterocycles. The van der Waals surface area contributed by atoms with Gasteiger partial charge in [0.05, 0.1) is 6.26 Å². The summed E-state index contributed by atoms with van der Waals surface area (Å²) in [7, 11) is 0. The van der Waals surface area contributed by atoms with Gasteiger partial charge in [0, 0.05) is 29.5 Å². The first-order chi connectivity index (χ1) is 14.5. The summed E-state index contributed by atoms with van der Waals surface area (Å²) in [6, 6.07) is 16.8. The summed E-state index contributed by atoms with van der Waals surface area (Å²) in [4.78, 5) is 27.1. The summed E-state index contributed by atoms with van der Waals surface area (Å²) in [6.07, 6.45) is 2.54. The summed E-state index contributed by atoms with van der Waals surface area (Å²) in [5.41, 5.74) is 3.60. The molecule has 0 bridgehead atoms. The third-order valence-corrected chi connectivity index (χ3v) is 5.76. The molecular formula is C23H22ClN3O3. The van der Waals surface area contributed by atoms with Crippen molar-refractivity contribution in [3.05, 3.63) is 82.8 Å². The Morgan fingerprint density at radius 3 is 2.73 bits per heavy atom. The van der Waals surface area contributed by atoms with E-state index in [9.17, 15) is 9.59 Å². The molecule has 0 spiro atoms. The lowest BCUT2D eigenvalue weighted by Crippen LogP contribution is -2.41. The van der Waals surface area contributed by atoms with Crippen LogP contribution in [0.25, 0.3) is 0 Å². The fraction of sp³-hybridized carbons (Fsp3) is 0.217. The highest BCUT2D eigenvalue weighted by atomic mass is 35.5. The van der Waals surface area contributed by atoms with E-state index in [2.05, 4.69) is 27.7 Å². The van der Waals surface area contributed by atoms with Crippen molar-refractivity contribution >= 4 is 34.8 Å². The van der Waals surface area contributed by atoms with E-state index in [0.29, 0.717) is 16.3 Å². The molecule has 0 fully saturated rings. The van der Waals surface area contributed by atoms with Crippen LogP contribution < -0.4 is 15.5 Å². The van der Waals surface area contributed by atoms with Crippen LogP contribution >= 0.6 is 11.6 Å². The normalized spacial score (nSPS) is 13.6. The number of hydrogen-bond acceptors (Lipinski definition) is 4. The highest BCUT2D eigenvalue weighted by Crippen LogP contribution is 2.35. The van der Waals surface area contributed by atoms with E-state index in [0.717, 1.165) is 24.4 Å². The molecule has 0 saturated carbocycles. The van der Waals surface area contributed by atoms with Crippen molar-refractivity contribution in [1.29, 1.82) is 0 Å². The average Bonchev–Trinajstić information content (AvgIpc) is 3.42. The van der Waals surface area contributed by atoms with Crippen LogP contribution in [0.15, 0.2) is 65.3 Å². The van der Waals surface area contributed by atoms with Gasteiger partial charge in [0.25, 0.3) is 0 Å². The van der Waals surface area contributed by atoms with Crippen LogP contribution in [0.3, 0.4) is 0 Å². The number of furan rings is 1. The largest absolute Gasteiger partial charge is 0.467 e. The third-order valence-electron chi connectivity index (χ3n) is 5.35. The zero-order chi connectivity index (χ0) is 21.1. The molecule has 2 amide bonds. The van der Waals surface area contributed by atoms with Gasteiger partial charge in [0.15, 0.2) is 0 Å². The molecule has 30 heavy (non-hydrogen) atoms. The molecule has 2 N–H and O–H groups in total. The predicted molar refractivity (Wildman–Crippen MR) is 117 cm³/mol. The fourth-order valence-corrected chi connectivity index (χ4v) is 3.90. The summed E-state index contributed by atoms with van der Waals surface area (Å²) in [5, 5.41) is 5.90. The molecule has 0 unspecified atom stereocenters. The van der Waals surface area contributed by atoms with Crippen molar-refractivity contribution in [3.63, 3.8) is 0 Å². The van der Waals surface area contributed by atoms with Crippen molar-refractivity contribution < 1.29 is 14.0 Å². The van der Waals surface area contributed by atoms with Crippen LogP contribution in [-0.4, -0.2) is 24.9 Å². The Kier molecular flexibility index (Phi) is 5.77. The molecule has 7 heteroatoms. The monoisotopic (exact) mass is 423 g/mol. The van der Waals surface area contributed by atoms with Crippen molar-refractivity contribution in [2.24, 2.45) is 0 Å². The second-order valence-corrected chi connectivity index (χ2v) is 7.59. The van der Waals surface area contributed by atoms with Gasteiger partial charge in [0.2, 0.25) is 0 Å². The molecule has 1 aromatic heterocycles. The maximum absolute atomic E-state index is 12.5. The minimum Gasteiger partial charge on any atom is -0.467 e. The summed E-state index contributed by atoms with van der Waals surface area (Å²) >= 11 is 6.08. The number of amides is 2. The van der Waals surface area contributed by atoms with E-state index in [4.69, 9.17) is 16.0 Å². The van der Waals surface area contributed by atoms with E-state index in [1.54, 1.807) is 31.4 Å². The number of nitrogens with one attached hydrogen (secondary N) is 2. The molecule has 0 saturated heterocycles. The highest BCUT2D eigenvalue weighted by Gasteiger charge is 2.29. The standard InChI is InChI=1S/C23H22ClN3O3/c1-15-17(24)7-4-8-18(15)26-23(29)22(28)25-14-20(21-10-5-13-30-21)27-12-11-16-6-2-3-9-19(16)27/h2-10,13,20H,11-12,14H2,1H3,(H,25,28)(H,26,29)/t20-/m0/s1. The van der Waals surface area contributed by atoms with E-state index >= 15 is 0 Å². The molecule has 1 aliphatic rings. The number of para-hydroxylation sites is 1. The average molecular weight is 424 g/mol. The number of carbonyl (C=O) groups is 2. The van der Waals surface area contributed by atoms with E-state index < -0.39 is 11.8 Å². The first kappa shape index (κ1) is 20.0. The molecule has 2 aromatic carbocycles. The second kappa shape index (κ2) is 8.63. The van der Waals surface area contributed by atoms with Gasteiger partial charge in [-0.3, -0.25) is 9.59 Å². The number of rotatable bonds is 5. The SMILES string of the molecule is Cc1c(Cl)cccc1NC(=O)C(=O)NC[C@@H](c1ccco1)N1CCc2ccccc21. The Morgan fingerprint density at radius 1 is 1.10 bits per heavy atom. The fourth-order valence-electron chi connectivity index (χ4n) is 3.72. The van der Waals surface area contributed by atoms with Crippen LogP contribution in [0.2, 0.25) is 5.02 Å². The van der Waals surface area contributed by atoms with Crippen molar-refractivity contribution in [2.75, 3.05) is 23.3 Å². The van der Waals surface area contributed by atoms with Gasteiger partial charge >= 0.3 is 11.8 Å². The number of benzene rings is 2. The van der Waals surface area contributed by atoms with Crippen LogP contribution in [-0.2, 0) is 16.0 Å². The molecule has 0 aliphatic carbocycles. The van der Waals surface area contributed by atoms with Gasteiger partial charge in [-0.05, 0) is 54.8 Å². The van der Waals surface area contributed by atoms with Gasteiger partial charge in [-0.15, -0.1) is 0 Å². The number of hydrogen-bond donors (Lipinski definition) is 2.